The summed E-state index contributed by atoms with van der Waals surface area (Å²) >= 11 is 3.51. The molecule has 0 atom stereocenters. The van der Waals surface area contributed by atoms with Gasteiger partial charge >= 0.3 is 0 Å². The number of methoxy groups -OCH3 is 2. The summed E-state index contributed by atoms with van der Waals surface area (Å²) in [6.45, 7) is 10.2. The van der Waals surface area contributed by atoms with Gasteiger partial charge in [-0.05, 0) is 71.0 Å². The molecular formula is C27H34BrN5O5. The number of carbonyl (C=O) groups excluding carboxylic acids is 1. The number of hydrogen-bond donors (Lipinski definition) is 2. The maximum absolute atomic E-state index is 13.0. The molecular weight excluding hydrogens is 554 g/mol. The molecule has 2 N–H and O–H groups in total. The van der Waals surface area contributed by atoms with E-state index in [9.17, 15) is 4.79 Å². The van der Waals surface area contributed by atoms with Crippen LogP contribution in [0.25, 0.3) is 0 Å². The smallest absolute Gasteiger partial charge is 0.291 e. The van der Waals surface area contributed by atoms with Crippen molar-refractivity contribution in [2.24, 2.45) is 0 Å². The van der Waals surface area contributed by atoms with Gasteiger partial charge in [0.15, 0.2) is 11.4 Å². The van der Waals surface area contributed by atoms with Gasteiger partial charge in [0.05, 0.1) is 18.7 Å². The summed E-state index contributed by atoms with van der Waals surface area (Å²) in [6.07, 6.45) is 2.47. The SMILES string of the molecule is COc1nc(NCCN2CCCC2)nc(OC)c1NC(=O)c1ccc(Oc2cc(C(C)(C)C)ccc2Br)o1. The lowest BCUT2D eigenvalue weighted by Crippen LogP contribution is -2.26. The van der Waals surface area contributed by atoms with Crippen LogP contribution < -0.4 is 24.8 Å². The van der Waals surface area contributed by atoms with Crippen molar-refractivity contribution in [3.8, 4) is 23.5 Å². The van der Waals surface area contributed by atoms with Crippen LogP contribution in [-0.2, 0) is 5.41 Å². The second-order valence-corrected chi connectivity index (χ2v) is 10.8. The number of nitrogens with zero attached hydrogens (tertiary/aromatic N) is 3. The third-order valence-corrected chi connectivity index (χ3v) is 6.85. The third-order valence-electron chi connectivity index (χ3n) is 6.19. The number of rotatable bonds is 10. The van der Waals surface area contributed by atoms with Gasteiger partial charge in [0, 0.05) is 19.2 Å². The molecule has 0 unspecified atom stereocenters. The second-order valence-electron chi connectivity index (χ2n) is 9.99. The molecule has 11 heteroatoms. The predicted octanol–water partition coefficient (Wildman–Crippen LogP) is 5.70. The summed E-state index contributed by atoms with van der Waals surface area (Å²) in [4.78, 5) is 24.2. The van der Waals surface area contributed by atoms with Crippen LogP contribution >= 0.6 is 15.9 Å². The minimum atomic E-state index is -0.530. The molecule has 0 bridgehead atoms. The lowest BCUT2D eigenvalue weighted by molar-refractivity contribution is 0.0990. The zero-order valence-corrected chi connectivity index (χ0v) is 24.0. The molecule has 1 saturated heterocycles. The highest BCUT2D eigenvalue weighted by molar-refractivity contribution is 9.10. The average Bonchev–Trinajstić information content (AvgIpc) is 3.57. The number of aromatic nitrogens is 2. The number of hydrogen-bond acceptors (Lipinski definition) is 9. The van der Waals surface area contributed by atoms with Gasteiger partial charge < -0.3 is 34.2 Å². The zero-order chi connectivity index (χ0) is 27.3. The van der Waals surface area contributed by atoms with Gasteiger partial charge in [0.2, 0.25) is 17.7 Å². The van der Waals surface area contributed by atoms with Gasteiger partial charge in [0.25, 0.3) is 11.9 Å². The van der Waals surface area contributed by atoms with Gasteiger partial charge in [-0.25, -0.2) is 0 Å². The Bertz CT molecular complexity index is 1240. The van der Waals surface area contributed by atoms with Crippen molar-refractivity contribution in [1.29, 1.82) is 0 Å². The minimum Gasteiger partial charge on any atom is -0.479 e. The molecule has 3 heterocycles. The summed E-state index contributed by atoms with van der Waals surface area (Å²) < 4.78 is 23.2. The van der Waals surface area contributed by atoms with Crippen LogP contribution in [-0.4, -0.2) is 61.2 Å². The Labute approximate surface area is 231 Å². The number of nitrogens with one attached hydrogen (secondary N) is 2. The standard InChI is InChI=1S/C27H34BrN5O5/c1-27(2,3)17-8-9-18(28)20(16-17)38-21-11-10-19(37-21)23(34)30-22-24(35-4)31-26(32-25(22)36-5)29-12-15-33-13-6-7-14-33/h8-11,16H,6-7,12-15H2,1-5H3,(H,30,34)(H,29,31,32). The maximum atomic E-state index is 13.0. The van der Waals surface area contributed by atoms with Crippen molar-refractivity contribution in [1.82, 2.24) is 14.9 Å². The molecule has 0 aliphatic carbocycles. The van der Waals surface area contributed by atoms with Gasteiger partial charge in [-0.2, -0.15) is 9.97 Å². The monoisotopic (exact) mass is 587 g/mol. The predicted molar refractivity (Wildman–Crippen MR) is 149 cm³/mol. The average molecular weight is 589 g/mol. The van der Waals surface area contributed by atoms with E-state index in [4.69, 9.17) is 18.6 Å². The summed E-state index contributed by atoms with van der Waals surface area (Å²) in [6, 6.07) is 9.02. The van der Waals surface area contributed by atoms with Crippen molar-refractivity contribution in [2.45, 2.75) is 39.0 Å². The Morgan fingerprint density at radius 1 is 1.08 bits per heavy atom. The molecule has 1 amide bonds. The van der Waals surface area contributed by atoms with E-state index >= 15 is 0 Å². The molecule has 3 aromatic rings. The van der Waals surface area contributed by atoms with Gasteiger partial charge in [-0.3, -0.25) is 4.79 Å². The molecule has 1 aliphatic rings. The highest BCUT2D eigenvalue weighted by Crippen LogP contribution is 2.36. The number of halogens is 1. The molecule has 10 nitrogen and oxygen atoms in total. The van der Waals surface area contributed by atoms with Gasteiger partial charge in [-0.1, -0.05) is 26.8 Å². The Morgan fingerprint density at radius 3 is 2.39 bits per heavy atom. The Balaban J connectivity index is 1.45. The number of carbonyl (C=O) groups is 1. The topological polar surface area (TPSA) is 111 Å². The Kier molecular flexibility index (Phi) is 8.78. The van der Waals surface area contributed by atoms with Gasteiger partial charge in [-0.15, -0.1) is 0 Å². The number of ether oxygens (including phenoxy) is 3. The van der Waals surface area contributed by atoms with Crippen LogP contribution in [0.2, 0.25) is 0 Å². The van der Waals surface area contributed by atoms with Crippen LogP contribution in [0.4, 0.5) is 11.6 Å². The fourth-order valence-electron chi connectivity index (χ4n) is 4.06. The number of likely N-dealkylation sites (tertiary alicyclic amines) is 1. The van der Waals surface area contributed by atoms with E-state index in [1.807, 2.05) is 18.2 Å². The van der Waals surface area contributed by atoms with E-state index in [2.05, 4.69) is 62.2 Å². The molecule has 204 valence electrons. The van der Waals surface area contributed by atoms with E-state index in [0.717, 1.165) is 29.7 Å². The maximum Gasteiger partial charge on any atom is 0.291 e. The zero-order valence-electron chi connectivity index (χ0n) is 22.4. The molecule has 1 aliphatic heterocycles. The van der Waals surface area contributed by atoms with Crippen molar-refractivity contribution in [3.63, 3.8) is 0 Å². The summed E-state index contributed by atoms with van der Waals surface area (Å²) in [5.74, 6) is 0.961. The van der Waals surface area contributed by atoms with Gasteiger partial charge in [0.1, 0.15) is 5.75 Å². The minimum absolute atomic E-state index is 0.0417. The number of amides is 1. The lowest BCUT2D eigenvalue weighted by Gasteiger charge is -2.20. The number of benzene rings is 1. The first-order valence-corrected chi connectivity index (χ1v) is 13.3. The fourth-order valence-corrected chi connectivity index (χ4v) is 4.39. The van der Waals surface area contributed by atoms with Crippen molar-refractivity contribution < 1.29 is 23.4 Å². The lowest BCUT2D eigenvalue weighted by atomic mass is 9.87. The molecule has 38 heavy (non-hydrogen) atoms. The normalized spacial score (nSPS) is 13.8. The van der Waals surface area contributed by atoms with Crippen LogP contribution in [0.3, 0.4) is 0 Å². The summed E-state index contributed by atoms with van der Waals surface area (Å²) in [7, 11) is 2.93. The molecule has 0 radical (unpaired) electrons. The van der Waals surface area contributed by atoms with Crippen molar-refractivity contribution in [2.75, 3.05) is 51.0 Å². The van der Waals surface area contributed by atoms with Crippen molar-refractivity contribution in [3.05, 3.63) is 46.1 Å². The molecule has 4 rings (SSSR count). The molecule has 0 spiro atoms. The van der Waals surface area contributed by atoms with Crippen molar-refractivity contribution >= 4 is 33.5 Å². The third kappa shape index (κ3) is 6.76. The Hall–Kier alpha value is -3.31. The second kappa shape index (κ2) is 12.0. The molecule has 2 aromatic heterocycles. The first-order chi connectivity index (χ1) is 18.2. The number of anilines is 2. The van der Waals surface area contributed by atoms with Crippen LogP contribution in [0, 0.1) is 0 Å². The fraction of sp³-hybridized carbons (Fsp3) is 0.444. The molecule has 1 fully saturated rings. The van der Waals surface area contributed by atoms with Crippen LogP contribution in [0.5, 0.6) is 23.5 Å². The van der Waals surface area contributed by atoms with Crippen LogP contribution in [0.1, 0.15) is 49.7 Å². The largest absolute Gasteiger partial charge is 0.479 e. The number of furan rings is 1. The molecule has 1 aromatic carbocycles. The highest BCUT2D eigenvalue weighted by atomic mass is 79.9. The highest BCUT2D eigenvalue weighted by Gasteiger charge is 2.22. The van der Waals surface area contributed by atoms with Crippen LogP contribution in [0.15, 0.2) is 39.2 Å². The quantitative estimate of drug-likeness (QED) is 0.308. The van der Waals surface area contributed by atoms with E-state index in [1.54, 1.807) is 6.07 Å². The summed E-state index contributed by atoms with van der Waals surface area (Å²) in [5.41, 5.74) is 1.25. The molecule has 0 saturated carbocycles. The van der Waals surface area contributed by atoms with E-state index in [-0.39, 0.29) is 34.6 Å². The Morgan fingerprint density at radius 2 is 1.76 bits per heavy atom. The first kappa shape index (κ1) is 27.7. The van der Waals surface area contributed by atoms with E-state index in [1.165, 1.54) is 33.1 Å². The van der Waals surface area contributed by atoms with E-state index < -0.39 is 5.91 Å². The summed E-state index contributed by atoms with van der Waals surface area (Å²) in [5, 5.41) is 5.94. The van der Waals surface area contributed by atoms with E-state index in [0.29, 0.717) is 18.2 Å². The first-order valence-electron chi connectivity index (χ1n) is 12.5.